The SMILES string of the molecule is CN(C1CCCCC1CN)S(C)(=O)=O. The van der Waals surface area contributed by atoms with E-state index < -0.39 is 10.0 Å². The van der Waals surface area contributed by atoms with Gasteiger partial charge in [-0.1, -0.05) is 12.8 Å². The number of hydrogen-bond donors (Lipinski definition) is 1. The Morgan fingerprint density at radius 1 is 1.36 bits per heavy atom. The summed E-state index contributed by atoms with van der Waals surface area (Å²) in [4.78, 5) is 0. The molecule has 0 bridgehead atoms. The van der Waals surface area contributed by atoms with Gasteiger partial charge in [0.15, 0.2) is 0 Å². The summed E-state index contributed by atoms with van der Waals surface area (Å²) in [7, 11) is -1.41. The van der Waals surface area contributed by atoms with Crippen LogP contribution < -0.4 is 5.73 Å². The molecule has 0 radical (unpaired) electrons. The summed E-state index contributed by atoms with van der Waals surface area (Å²) in [5.74, 6) is 0.337. The molecule has 2 N–H and O–H groups in total. The van der Waals surface area contributed by atoms with Crippen molar-refractivity contribution >= 4 is 10.0 Å². The van der Waals surface area contributed by atoms with E-state index in [1.807, 2.05) is 0 Å². The minimum absolute atomic E-state index is 0.115. The van der Waals surface area contributed by atoms with Crippen molar-refractivity contribution in [2.45, 2.75) is 31.7 Å². The monoisotopic (exact) mass is 220 g/mol. The van der Waals surface area contributed by atoms with Crippen LogP contribution in [-0.2, 0) is 10.0 Å². The fraction of sp³-hybridized carbons (Fsp3) is 1.00. The molecule has 0 amide bonds. The van der Waals surface area contributed by atoms with Crippen molar-refractivity contribution in [3.8, 4) is 0 Å². The lowest BCUT2D eigenvalue weighted by molar-refractivity contribution is 0.205. The first kappa shape index (κ1) is 11.9. The van der Waals surface area contributed by atoms with Crippen LogP contribution in [0.2, 0.25) is 0 Å². The van der Waals surface area contributed by atoms with Crippen molar-refractivity contribution in [3.63, 3.8) is 0 Å². The van der Waals surface area contributed by atoms with Crippen LogP contribution in [0.25, 0.3) is 0 Å². The second kappa shape index (κ2) is 4.59. The lowest BCUT2D eigenvalue weighted by Crippen LogP contribution is -2.45. The van der Waals surface area contributed by atoms with Gasteiger partial charge in [-0.15, -0.1) is 0 Å². The molecular formula is C9H20N2O2S. The van der Waals surface area contributed by atoms with Gasteiger partial charge in [-0.25, -0.2) is 12.7 Å². The van der Waals surface area contributed by atoms with Crippen molar-refractivity contribution in [2.75, 3.05) is 19.8 Å². The summed E-state index contributed by atoms with van der Waals surface area (Å²) in [5.41, 5.74) is 5.65. The third-order valence-electron chi connectivity index (χ3n) is 3.16. The highest BCUT2D eigenvalue weighted by molar-refractivity contribution is 7.88. The van der Waals surface area contributed by atoms with E-state index in [-0.39, 0.29) is 6.04 Å². The maximum atomic E-state index is 11.4. The molecular weight excluding hydrogens is 200 g/mol. The third kappa shape index (κ3) is 2.68. The van der Waals surface area contributed by atoms with Gasteiger partial charge in [-0.2, -0.15) is 0 Å². The lowest BCUT2D eigenvalue weighted by atomic mass is 9.85. The standard InChI is InChI=1S/C9H20N2O2S/c1-11(14(2,12)13)9-6-4-3-5-8(9)7-10/h8-9H,3-7,10H2,1-2H3. The molecule has 5 heteroatoms. The number of rotatable bonds is 3. The number of nitrogens with zero attached hydrogens (tertiary/aromatic N) is 1. The quantitative estimate of drug-likeness (QED) is 0.748. The molecule has 0 aromatic rings. The molecule has 0 saturated heterocycles. The van der Waals surface area contributed by atoms with Gasteiger partial charge in [0, 0.05) is 13.1 Å². The summed E-state index contributed by atoms with van der Waals surface area (Å²) >= 11 is 0. The number of hydrogen-bond acceptors (Lipinski definition) is 3. The van der Waals surface area contributed by atoms with E-state index in [2.05, 4.69) is 0 Å². The summed E-state index contributed by atoms with van der Waals surface area (Å²) in [5, 5.41) is 0. The molecule has 0 aromatic carbocycles. The second-order valence-corrected chi connectivity index (χ2v) is 6.17. The first-order valence-corrected chi connectivity index (χ1v) is 6.94. The Morgan fingerprint density at radius 2 is 1.93 bits per heavy atom. The fourth-order valence-corrected chi connectivity index (χ4v) is 2.96. The summed E-state index contributed by atoms with van der Waals surface area (Å²) in [6.07, 6.45) is 5.55. The van der Waals surface area contributed by atoms with Gasteiger partial charge in [0.1, 0.15) is 0 Å². The van der Waals surface area contributed by atoms with E-state index in [0.717, 1.165) is 19.3 Å². The highest BCUT2D eigenvalue weighted by atomic mass is 32.2. The Labute approximate surface area is 86.5 Å². The second-order valence-electron chi connectivity index (χ2n) is 4.13. The molecule has 1 aliphatic rings. The Bertz CT molecular complexity index is 277. The molecule has 14 heavy (non-hydrogen) atoms. The predicted molar refractivity (Wildman–Crippen MR) is 57.4 cm³/mol. The topological polar surface area (TPSA) is 63.4 Å². The molecule has 0 aliphatic heterocycles. The molecule has 0 heterocycles. The largest absolute Gasteiger partial charge is 0.330 e. The Balaban J connectivity index is 2.73. The van der Waals surface area contributed by atoms with Crippen LogP contribution in [0.5, 0.6) is 0 Å². The molecule has 2 unspecified atom stereocenters. The van der Waals surface area contributed by atoms with E-state index in [4.69, 9.17) is 5.73 Å². The zero-order valence-electron chi connectivity index (χ0n) is 8.94. The van der Waals surface area contributed by atoms with E-state index in [1.54, 1.807) is 7.05 Å². The average Bonchev–Trinajstić information content (AvgIpc) is 2.15. The van der Waals surface area contributed by atoms with E-state index in [9.17, 15) is 8.42 Å². The van der Waals surface area contributed by atoms with Crippen LogP contribution in [0.1, 0.15) is 25.7 Å². The fourth-order valence-electron chi connectivity index (χ4n) is 2.19. The van der Waals surface area contributed by atoms with Crippen LogP contribution in [0.15, 0.2) is 0 Å². The first-order chi connectivity index (χ1) is 6.46. The number of sulfonamides is 1. The molecule has 0 spiro atoms. The van der Waals surface area contributed by atoms with Crippen molar-refractivity contribution in [1.82, 2.24) is 4.31 Å². The Morgan fingerprint density at radius 3 is 2.43 bits per heavy atom. The van der Waals surface area contributed by atoms with Crippen LogP contribution in [-0.4, -0.2) is 38.6 Å². The lowest BCUT2D eigenvalue weighted by Gasteiger charge is -2.36. The van der Waals surface area contributed by atoms with Gasteiger partial charge in [0.2, 0.25) is 10.0 Å². The molecule has 1 rings (SSSR count). The van der Waals surface area contributed by atoms with Gasteiger partial charge in [0.05, 0.1) is 6.26 Å². The van der Waals surface area contributed by atoms with Crippen LogP contribution >= 0.6 is 0 Å². The normalized spacial score (nSPS) is 29.4. The van der Waals surface area contributed by atoms with Crippen LogP contribution in [0.4, 0.5) is 0 Å². The van der Waals surface area contributed by atoms with Crippen molar-refractivity contribution < 1.29 is 8.42 Å². The maximum absolute atomic E-state index is 11.4. The van der Waals surface area contributed by atoms with Crippen molar-refractivity contribution in [3.05, 3.63) is 0 Å². The smallest absolute Gasteiger partial charge is 0.211 e. The minimum Gasteiger partial charge on any atom is -0.330 e. The Kier molecular flexibility index (Phi) is 3.92. The highest BCUT2D eigenvalue weighted by Gasteiger charge is 2.31. The van der Waals surface area contributed by atoms with Gasteiger partial charge in [-0.3, -0.25) is 0 Å². The zero-order valence-corrected chi connectivity index (χ0v) is 9.76. The maximum Gasteiger partial charge on any atom is 0.211 e. The highest BCUT2D eigenvalue weighted by Crippen LogP contribution is 2.28. The van der Waals surface area contributed by atoms with E-state index in [1.165, 1.54) is 17.0 Å². The molecule has 84 valence electrons. The molecule has 1 saturated carbocycles. The molecule has 1 fully saturated rings. The third-order valence-corrected chi connectivity index (χ3v) is 4.48. The van der Waals surface area contributed by atoms with Crippen LogP contribution in [0, 0.1) is 5.92 Å². The van der Waals surface area contributed by atoms with E-state index in [0.29, 0.717) is 12.5 Å². The van der Waals surface area contributed by atoms with E-state index >= 15 is 0 Å². The van der Waals surface area contributed by atoms with Gasteiger partial charge >= 0.3 is 0 Å². The minimum atomic E-state index is -3.07. The average molecular weight is 220 g/mol. The van der Waals surface area contributed by atoms with Crippen molar-refractivity contribution in [1.29, 1.82) is 0 Å². The predicted octanol–water partition coefficient (Wildman–Crippen LogP) is 0.395. The first-order valence-electron chi connectivity index (χ1n) is 5.10. The summed E-state index contributed by atoms with van der Waals surface area (Å²) in [6, 6.07) is 0.115. The van der Waals surface area contributed by atoms with Gasteiger partial charge < -0.3 is 5.73 Å². The van der Waals surface area contributed by atoms with Crippen molar-refractivity contribution in [2.24, 2.45) is 11.7 Å². The Hall–Kier alpha value is -0.130. The molecule has 2 atom stereocenters. The molecule has 4 nitrogen and oxygen atoms in total. The number of nitrogens with two attached hydrogens (primary N) is 1. The van der Waals surface area contributed by atoms with Gasteiger partial charge in [-0.05, 0) is 25.3 Å². The van der Waals surface area contributed by atoms with Gasteiger partial charge in [0.25, 0.3) is 0 Å². The van der Waals surface area contributed by atoms with Crippen LogP contribution in [0.3, 0.4) is 0 Å². The summed E-state index contributed by atoms with van der Waals surface area (Å²) in [6.45, 7) is 0.588. The summed E-state index contributed by atoms with van der Waals surface area (Å²) < 4.78 is 24.2. The molecule has 1 aliphatic carbocycles. The molecule has 0 aromatic heterocycles. The zero-order chi connectivity index (χ0) is 10.8.